The van der Waals surface area contributed by atoms with Crippen molar-refractivity contribution in [1.29, 1.82) is 0 Å². The van der Waals surface area contributed by atoms with Crippen LogP contribution in [-0.4, -0.2) is 31.2 Å². The van der Waals surface area contributed by atoms with Gasteiger partial charge in [0.05, 0.1) is 11.5 Å². The van der Waals surface area contributed by atoms with Gasteiger partial charge in [0.15, 0.2) is 9.84 Å². The highest BCUT2D eigenvalue weighted by molar-refractivity contribution is 7.90. The van der Waals surface area contributed by atoms with E-state index in [0.717, 1.165) is 0 Å². The standard InChI is InChI=1S/C12H12N2O5S/c1-2-18-12(15)11-14-13-10(19-11)8-20(16,17)9-6-4-3-5-7-9/h3-7H,2,8H2,1H3. The number of sulfone groups is 1. The van der Waals surface area contributed by atoms with E-state index in [4.69, 9.17) is 4.42 Å². The van der Waals surface area contributed by atoms with Crippen molar-refractivity contribution in [3.63, 3.8) is 0 Å². The van der Waals surface area contributed by atoms with Gasteiger partial charge >= 0.3 is 11.9 Å². The van der Waals surface area contributed by atoms with Gasteiger partial charge in [-0.1, -0.05) is 18.2 Å². The topological polar surface area (TPSA) is 99.4 Å². The quantitative estimate of drug-likeness (QED) is 0.765. The number of nitrogens with zero attached hydrogens (tertiary/aromatic N) is 2. The molecule has 0 unspecified atom stereocenters. The van der Waals surface area contributed by atoms with E-state index in [1.54, 1.807) is 25.1 Å². The molecule has 0 fully saturated rings. The number of hydrogen-bond acceptors (Lipinski definition) is 7. The zero-order chi connectivity index (χ0) is 14.6. The fourth-order valence-electron chi connectivity index (χ4n) is 1.46. The molecule has 0 amide bonds. The molecule has 0 spiro atoms. The molecule has 106 valence electrons. The summed E-state index contributed by atoms with van der Waals surface area (Å²) in [6.07, 6.45) is 0. The third-order valence-corrected chi connectivity index (χ3v) is 3.95. The predicted molar refractivity (Wildman–Crippen MR) is 67.6 cm³/mol. The van der Waals surface area contributed by atoms with Crippen molar-refractivity contribution in [2.24, 2.45) is 0 Å². The lowest BCUT2D eigenvalue weighted by Crippen LogP contribution is -2.05. The summed E-state index contributed by atoms with van der Waals surface area (Å²) < 4.78 is 33.8. The van der Waals surface area contributed by atoms with E-state index in [0.29, 0.717) is 0 Å². The molecule has 1 aromatic heterocycles. The molecule has 1 aromatic carbocycles. The average Bonchev–Trinajstić information content (AvgIpc) is 2.88. The van der Waals surface area contributed by atoms with Gasteiger partial charge in [-0.25, -0.2) is 13.2 Å². The lowest BCUT2D eigenvalue weighted by atomic mass is 10.4. The highest BCUT2D eigenvalue weighted by Crippen LogP contribution is 2.15. The maximum atomic E-state index is 12.1. The van der Waals surface area contributed by atoms with Crippen LogP contribution in [0, 0.1) is 0 Å². The molecule has 2 aromatic rings. The van der Waals surface area contributed by atoms with Crippen LogP contribution in [0.1, 0.15) is 23.5 Å². The molecule has 1 heterocycles. The van der Waals surface area contributed by atoms with Crippen molar-refractivity contribution in [2.45, 2.75) is 17.6 Å². The zero-order valence-corrected chi connectivity index (χ0v) is 11.5. The number of ether oxygens (including phenoxy) is 1. The third-order valence-electron chi connectivity index (χ3n) is 2.33. The van der Waals surface area contributed by atoms with Crippen molar-refractivity contribution in [1.82, 2.24) is 10.2 Å². The molecular weight excluding hydrogens is 284 g/mol. The van der Waals surface area contributed by atoms with Crippen LogP contribution in [0.2, 0.25) is 0 Å². The van der Waals surface area contributed by atoms with Gasteiger partial charge in [-0.15, -0.1) is 10.2 Å². The minimum absolute atomic E-state index is 0.149. The van der Waals surface area contributed by atoms with Crippen LogP contribution in [0.15, 0.2) is 39.6 Å². The Bertz CT molecular complexity index is 694. The lowest BCUT2D eigenvalue weighted by Gasteiger charge is -2.00. The Hall–Kier alpha value is -2.22. The summed E-state index contributed by atoms with van der Waals surface area (Å²) in [5, 5.41) is 6.99. The van der Waals surface area contributed by atoms with E-state index in [2.05, 4.69) is 14.9 Å². The minimum atomic E-state index is -3.59. The number of hydrogen-bond donors (Lipinski definition) is 0. The van der Waals surface area contributed by atoms with Gasteiger partial charge in [-0.3, -0.25) is 0 Å². The normalized spacial score (nSPS) is 11.2. The molecular formula is C12H12N2O5S. The zero-order valence-electron chi connectivity index (χ0n) is 10.6. The molecule has 8 heteroatoms. The molecule has 0 saturated heterocycles. The number of rotatable bonds is 5. The molecule has 7 nitrogen and oxygen atoms in total. The molecule has 0 N–H and O–H groups in total. The van der Waals surface area contributed by atoms with Gasteiger partial charge in [0.1, 0.15) is 5.75 Å². The van der Waals surface area contributed by atoms with Crippen LogP contribution < -0.4 is 0 Å². The molecule has 0 radical (unpaired) electrons. The smallest absolute Gasteiger partial charge is 0.396 e. The Morgan fingerprint density at radius 3 is 2.60 bits per heavy atom. The van der Waals surface area contributed by atoms with Gasteiger partial charge < -0.3 is 9.15 Å². The van der Waals surface area contributed by atoms with Crippen LogP contribution in [0.25, 0.3) is 0 Å². The highest BCUT2D eigenvalue weighted by atomic mass is 32.2. The summed E-state index contributed by atoms with van der Waals surface area (Å²) >= 11 is 0. The third kappa shape index (κ3) is 3.21. The summed E-state index contributed by atoms with van der Waals surface area (Å²) in [6, 6.07) is 7.88. The largest absolute Gasteiger partial charge is 0.459 e. The Labute approximate surface area is 115 Å². The second-order valence-corrected chi connectivity index (χ2v) is 5.78. The van der Waals surface area contributed by atoms with E-state index in [1.807, 2.05) is 0 Å². The van der Waals surface area contributed by atoms with Crippen LogP contribution in [-0.2, 0) is 20.3 Å². The van der Waals surface area contributed by atoms with E-state index in [1.165, 1.54) is 12.1 Å². The summed E-state index contributed by atoms with van der Waals surface area (Å²) in [6.45, 7) is 1.80. The Morgan fingerprint density at radius 2 is 1.95 bits per heavy atom. The van der Waals surface area contributed by atoms with E-state index >= 15 is 0 Å². The first-order valence-corrected chi connectivity index (χ1v) is 7.45. The second kappa shape index (κ2) is 5.83. The monoisotopic (exact) mass is 296 g/mol. The van der Waals surface area contributed by atoms with Crippen molar-refractivity contribution in [3.8, 4) is 0 Å². The number of carbonyl (C=O) groups is 1. The van der Waals surface area contributed by atoms with Crippen molar-refractivity contribution >= 4 is 15.8 Å². The Kier molecular flexibility index (Phi) is 4.14. The Morgan fingerprint density at radius 1 is 1.25 bits per heavy atom. The van der Waals surface area contributed by atoms with E-state index < -0.39 is 21.6 Å². The van der Waals surface area contributed by atoms with E-state index in [-0.39, 0.29) is 23.3 Å². The second-order valence-electron chi connectivity index (χ2n) is 3.79. The predicted octanol–water partition coefficient (Wildman–Crippen LogP) is 1.22. The van der Waals surface area contributed by atoms with Crippen LogP contribution in [0.5, 0.6) is 0 Å². The molecule has 2 rings (SSSR count). The van der Waals surface area contributed by atoms with Crippen LogP contribution in [0.3, 0.4) is 0 Å². The molecule has 0 saturated carbocycles. The SMILES string of the molecule is CCOC(=O)c1nnc(CS(=O)(=O)c2ccccc2)o1. The maximum absolute atomic E-state index is 12.1. The first-order chi connectivity index (χ1) is 9.53. The van der Waals surface area contributed by atoms with Crippen molar-refractivity contribution < 1.29 is 22.4 Å². The minimum Gasteiger partial charge on any atom is -0.459 e. The molecule has 0 aliphatic rings. The molecule has 20 heavy (non-hydrogen) atoms. The van der Waals surface area contributed by atoms with Gasteiger partial charge in [-0.05, 0) is 19.1 Å². The number of esters is 1. The summed E-state index contributed by atoms with van der Waals surface area (Å²) in [7, 11) is -3.59. The maximum Gasteiger partial charge on any atom is 0.396 e. The number of benzene rings is 1. The summed E-state index contributed by atoms with van der Waals surface area (Å²) in [4.78, 5) is 11.5. The van der Waals surface area contributed by atoms with Crippen LogP contribution >= 0.6 is 0 Å². The van der Waals surface area contributed by atoms with Gasteiger partial charge in [-0.2, -0.15) is 0 Å². The summed E-state index contributed by atoms with van der Waals surface area (Å²) in [5.74, 6) is -1.76. The van der Waals surface area contributed by atoms with Gasteiger partial charge in [0.25, 0.3) is 0 Å². The van der Waals surface area contributed by atoms with Crippen molar-refractivity contribution in [3.05, 3.63) is 42.1 Å². The van der Waals surface area contributed by atoms with Gasteiger partial charge in [0, 0.05) is 0 Å². The van der Waals surface area contributed by atoms with Crippen LogP contribution in [0.4, 0.5) is 0 Å². The van der Waals surface area contributed by atoms with Crippen molar-refractivity contribution in [2.75, 3.05) is 6.61 Å². The molecule has 0 atom stereocenters. The summed E-state index contributed by atoms with van der Waals surface area (Å²) in [5.41, 5.74) is 0. The first-order valence-electron chi connectivity index (χ1n) is 5.80. The lowest BCUT2D eigenvalue weighted by molar-refractivity contribution is 0.0479. The molecule has 0 aliphatic carbocycles. The average molecular weight is 296 g/mol. The fourth-order valence-corrected chi connectivity index (χ4v) is 2.64. The Balaban J connectivity index is 2.17. The number of aromatic nitrogens is 2. The molecule has 0 bridgehead atoms. The van der Waals surface area contributed by atoms with Gasteiger partial charge in [0.2, 0.25) is 5.89 Å². The molecule has 0 aliphatic heterocycles. The number of carbonyl (C=O) groups excluding carboxylic acids is 1. The highest BCUT2D eigenvalue weighted by Gasteiger charge is 2.22. The van der Waals surface area contributed by atoms with E-state index in [9.17, 15) is 13.2 Å². The fraction of sp³-hybridized carbons (Fsp3) is 0.250. The first kappa shape index (κ1) is 14.2.